The highest BCUT2D eigenvalue weighted by molar-refractivity contribution is 9.09. The number of hydrogen-bond acceptors (Lipinski definition) is 3. The van der Waals surface area contributed by atoms with Gasteiger partial charge in [0.1, 0.15) is 0 Å². The molecule has 0 radical (unpaired) electrons. The van der Waals surface area contributed by atoms with Crippen molar-refractivity contribution in [3.8, 4) is 0 Å². The Hall–Kier alpha value is -4.19. The topological polar surface area (TPSA) is 82.7 Å². The molecule has 0 atom stereocenters. The van der Waals surface area contributed by atoms with Crippen molar-refractivity contribution in [1.29, 1.82) is 0 Å². The van der Waals surface area contributed by atoms with Crippen molar-refractivity contribution in [3.63, 3.8) is 0 Å². The highest BCUT2D eigenvalue weighted by Gasteiger charge is 2.08. The molecule has 0 bridgehead atoms. The molecule has 6 rings (SSSR count). The van der Waals surface area contributed by atoms with E-state index in [1.165, 1.54) is 16.2 Å². The van der Waals surface area contributed by atoms with Crippen molar-refractivity contribution in [1.82, 2.24) is 0 Å². The summed E-state index contributed by atoms with van der Waals surface area (Å²) in [6, 6.07) is 35.8. The number of aldehydes is 1. The number of Topliss-reactive ketones (excluding diaryl/α,β-unsaturated/α-hetero) is 2. The summed E-state index contributed by atoms with van der Waals surface area (Å²) >= 11 is 3.22. The summed E-state index contributed by atoms with van der Waals surface area (Å²) in [5.74, 6) is -0.366. The number of alkyl halides is 1. The van der Waals surface area contributed by atoms with Crippen LogP contribution in [0.2, 0.25) is 0 Å². The number of rotatable bonds is 4. The molecule has 5 heteroatoms. The van der Waals surface area contributed by atoms with E-state index < -0.39 is 5.78 Å². The zero-order chi connectivity index (χ0) is 25.1. The molecule has 0 aromatic heterocycles. The maximum absolute atomic E-state index is 11.7. The second-order valence-electron chi connectivity index (χ2n) is 8.48. The number of hydrogen-bond donors (Lipinski definition) is 0. The molecule has 0 aliphatic carbocycles. The van der Waals surface area contributed by atoms with E-state index in [1.807, 2.05) is 66.7 Å². The Morgan fingerprint density at radius 2 is 0.973 bits per heavy atom. The lowest BCUT2D eigenvalue weighted by Crippen LogP contribution is -1.99. The zero-order valence-corrected chi connectivity index (χ0v) is 21.4. The molecule has 0 amide bonds. The molecule has 37 heavy (non-hydrogen) atoms. The van der Waals surface area contributed by atoms with Gasteiger partial charge in [0.15, 0.2) is 12.1 Å². The third-order valence-corrected chi connectivity index (χ3v) is 6.84. The molecule has 4 nitrogen and oxygen atoms in total. The number of benzene rings is 6. The number of carbonyl (C=O) groups excluding carboxylic acids is 3. The highest BCUT2D eigenvalue weighted by atomic mass is 79.9. The van der Waals surface area contributed by atoms with Crippen molar-refractivity contribution >= 4 is 76.9 Å². The van der Waals surface area contributed by atoms with Crippen molar-refractivity contribution < 1.29 is 19.9 Å². The van der Waals surface area contributed by atoms with Crippen LogP contribution in [0.5, 0.6) is 0 Å². The molecule has 2 N–H and O–H groups in total. The first-order valence-corrected chi connectivity index (χ1v) is 12.6. The minimum absolute atomic E-state index is 0. The normalized spacial score (nSPS) is 10.5. The Labute approximate surface area is 222 Å². The smallest absolute Gasteiger partial charge is 0.225 e. The van der Waals surface area contributed by atoms with Crippen LogP contribution in [0.4, 0.5) is 0 Å². The van der Waals surface area contributed by atoms with E-state index in [0.717, 1.165) is 32.5 Å². The average Bonchev–Trinajstić information content (AvgIpc) is 2.96. The van der Waals surface area contributed by atoms with Gasteiger partial charge in [0.25, 0.3) is 0 Å². The third-order valence-electron chi connectivity index (χ3n) is 6.33. The Morgan fingerprint density at radius 1 is 0.568 bits per heavy atom. The lowest BCUT2D eigenvalue weighted by Gasteiger charge is -2.05. The number of fused-ring (bicyclic) bond motifs is 6. The van der Waals surface area contributed by atoms with E-state index in [-0.39, 0.29) is 11.3 Å². The summed E-state index contributed by atoms with van der Waals surface area (Å²) in [4.78, 5) is 33.7. The molecule has 6 aromatic rings. The van der Waals surface area contributed by atoms with Crippen LogP contribution in [0.1, 0.15) is 20.7 Å². The maximum Gasteiger partial charge on any atom is 0.225 e. The monoisotopic (exact) mass is 550 g/mol. The summed E-state index contributed by atoms with van der Waals surface area (Å²) in [5, 5.41) is 9.35. The van der Waals surface area contributed by atoms with Crippen molar-refractivity contribution in [2.75, 3.05) is 5.33 Å². The Morgan fingerprint density at radius 3 is 1.46 bits per heavy atom. The summed E-state index contributed by atoms with van der Waals surface area (Å²) in [6.45, 7) is 0. The maximum atomic E-state index is 11.7. The molecule has 0 unspecified atom stereocenters. The van der Waals surface area contributed by atoms with Gasteiger partial charge in [-0.05, 0) is 55.2 Å². The van der Waals surface area contributed by atoms with Crippen LogP contribution in [-0.4, -0.2) is 28.7 Å². The van der Waals surface area contributed by atoms with Crippen LogP contribution in [0, 0.1) is 0 Å². The van der Waals surface area contributed by atoms with E-state index >= 15 is 0 Å². The van der Waals surface area contributed by atoms with Gasteiger partial charge in [0.05, 0.1) is 5.33 Å². The van der Waals surface area contributed by atoms with Gasteiger partial charge in [0.2, 0.25) is 5.78 Å². The van der Waals surface area contributed by atoms with E-state index in [2.05, 4.69) is 46.3 Å². The number of ketones is 2. The van der Waals surface area contributed by atoms with E-state index in [0.29, 0.717) is 17.2 Å². The quantitative estimate of drug-likeness (QED) is 0.0769. The minimum Gasteiger partial charge on any atom is -0.412 e. The number of halogens is 1. The molecule has 0 heterocycles. The van der Waals surface area contributed by atoms with Gasteiger partial charge >= 0.3 is 0 Å². The summed E-state index contributed by atoms with van der Waals surface area (Å²) in [7, 11) is 0. The minimum atomic E-state index is -0.482. The SMILES string of the molecule is O.O=C(CBr)c1ccc2ccc3ccccc3c2c1.O=CC(=O)c1ccc2ccc3ccccc3c2c1. The Kier molecular flexibility index (Phi) is 7.87. The molecule has 0 fully saturated rings. The van der Waals surface area contributed by atoms with Crippen molar-refractivity contribution in [2.24, 2.45) is 0 Å². The number of carbonyl (C=O) groups is 3. The first-order chi connectivity index (χ1) is 17.6. The van der Waals surface area contributed by atoms with E-state index in [1.54, 1.807) is 12.1 Å². The Bertz CT molecular complexity index is 1790. The molecule has 0 aliphatic rings. The molecule has 182 valence electrons. The fraction of sp³-hybridized carbons (Fsp3) is 0.0312. The second-order valence-corrected chi connectivity index (χ2v) is 9.04. The second kappa shape index (κ2) is 11.2. The zero-order valence-electron chi connectivity index (χ0n) is 19.8. The molecule has 0 aliphatic heterocycles. The van der Waals surface area contributed by atoms with Crippen LogP contribution in [-0.2, 0) is 4.79 Å². The molecule has 0 spiro atoms. The lowest BCUT2D eigenvalue weighted by molar-refractivity contribution is -0.104. The van der Waals surface area contributed by atoms with E-state index in [4.69, 9.17) is 0 Å². The summed E-state index contributed by atoms with van der Waals surface area (Å²) in [6.07, 6.45) is 0.353. The Balaban J connectivity index is 0.000000168. The summed E-state index contributed by atoms with van der Waals surface area (Å²) in [5.41, 5.74) is 1.20. The van der Waals surface area contributed by atoms with Gasteiger partial charge in [-0.2, -0.15) is 0 Å². The largest absolute Gasteiger partial charge is 0.412 e. The predicted octanol–water partition coefficient (Wildman–Crippen LogP) is 7.12. The third kappa shape index (κ3) is 5.19. The van der Waals surface area contributed by atoms with Crippen LogP contribution in [0.3, 0.4) is 0 Å². The van der Waals surface area contributed by atoms with Gasteiger partial charge < -0.3 is 5.48 Å². The van der Waals surface area contributed by atoms with Gasteiger partial charge in [-0.15, -0.1) is 0 Å². The van der Waals surface area contributed by atoms with Crippen LogP contribution in [0.25, 0.3) is 43.1 Å². The molecule has 0 saturated heterocycles. The van der Waals surface area contributed by atoms with Crippen LogP contribution < -0.4 is 0 Å². The van der Waals surface area contributed by atoms with Crippen molar-refractivity contribution in [3.05, 3.63) is 120 Å². The summed E-state index contributed by atoms with van der Waals surface area (Å²) < 4.78 is 0. The average molecular weight is 551 g/mol. The van der Waals surface area contributed by atoms with Crippen LogP contribution >= 0.6 is 15.9 Å². The first-order valence-electron chi connectivity index (χ1n) is 11.5. The molecular weight excluding hydrogens is 528 g/mol. The van der Waals surface area contributed by atoms with Crippen LogP contribution in [0.15, 0.2) is 109 Å². The fourth-order valence-corrected chi connectivity index (χ4v) is 4.80. The van der Waals surface area contributed by atoms with Gasteiger partial charge in [0, 0.05) is 11.1 Å². The molecule has 6 aromatic carbocycles. The van der Waals surface area contributed by atoms with Crippen molar-refractivity contribution in [2.45, 2.75) is 0 Å². The van der Waals surface area contributed by atoms with E-state index in [9.17, 15) is 14.4 Å². The van der Waals surface area contributed by atoms with Gasteiger partial charge in [-0.3, -0.25) is 14.4 Å². The molecule has 0 saturated carbocycles. The van der Waals surface area contributed by atoms with Gasteiger partial charge in [-0.25, -0.2) is 0 Å². The standard InChI is InChI=1S/C16H11BrO.C16H10O2.H2O/c2*17-10-16(18)13-8-7-12-6-5-11-3-1-2-4-14(11)15(12)9-13;/h1-9H,10H2;1-10H;1H2. The van der Waals surface area contributed by atoms with Gasteiger partial charge in [-0.1, -0.05) is 113 Å². The fourth-order valence-electron chi connectivity index (χ4n) is 4.48. The molecular formula is C32H23BrO4. The first kappa shape index (κ1) is 25.9. The lowest BCUT2D eigenvalue weighted by atomic mass is 9.99. The highest BCUT2D eigenvalue weighted by Crippen LogP contribution is 2.27. The predicted molar refractivity (Wildman–Crippen MR) is 155 cm³/mol.